The third-order valence-corrected chi connectivity index (χ3v) is 1.43. The molecule has 2 atom stereocenters. The lowest BCUT2D eigenvalue weighted by Gasteiger charge is -2.28. The lowest BCUT2D eigenvalue weighted by atomic mass is 10.0. The van der Waals surface area contributed by atoms with Gasteiger partial charge in [0.2, 0.25) is 11.9 Å². The van der Waals surface area contributed by atoms with Crippen LogP contribution in [0.3, 0.4) is 0 Å². The van der Waals surface area contributed by atoms with Gasteiger partial charge in [-0.25, -0.2) is 4.79 Å². The second-order valence-electron chi connectivity index (χ2n) is 2.32. The highest BCUT2D eigenvalue weighted by atomic mass is 16.6. The largest absolute Gasteiger partial charge is 0.479 e. The van der Waals surface area contributed by atoms with Crippen molar-refractivity contribution in [1.82, 2.24) is 0 Å². The molecular formula is C6H10O7. The van der Waals surface area contributed by atoms with E-state index in [1.54, 1.807) is 0 Å². The van der Waals surface area contributed by atoms with Crippen molar-refractivity contribution in [2.24, 2.45) is 0 Å². The molecule has 0 aromatic rings. The standard InChI is InChI=1S/C6H10O7/c1-13-3(2-7)6(11,12)4(8)5(9)10/h2-4,8,11-12H,1H3,(H,9,10)/t3-,4+/m0/s1. The van der Waals surface area contributed by atoms with E-state index in [-0.39, 0.29) is 6.29 Å². The zero-order valence-electron chi connectivity index (χ0n) is 6.75. The lowest BCUT2D eigenvalue weighted by molar-refractivity contribution is -0.268. The number of aliphatic hydroxyl groups excluding tert-OH is 1. The molecule has 0 aliphatic rings. The van der Waals surface area contributed by atoms with Gasteiger partial charge in [-0.15, -0.1) is 0 Å². The van der Waals surface area contributed by atoms with Crippen LogP contribution in [0.25, 0.3) is 0 Å². The number of methoxy groups -OCH3 is 1. The van der Waals surface area contributed by atoms with E-state index in [4.69, 9.17) is 20.4 Å². The molecule has 7 heteroatoms. The van der Waals surface area contributed by atoms with E-state index < -0.39 is 24.0 Å². The summed E-state index contributed by atoms with van der Waals surface area (Å²) in [6, 6.07) is 0. The molecule has 0 saturated carbocycles. The van der Waals surface area contributed by atoms with Gasteiger partial charge < -0.3 is 30.0 Å². The minimum Gasteiger partial charge on any atom is -0.479 e. The first kappa shape index (κ1) is 12.0. The van der Waals surface area contributed by atoms with Crippen LogP contribution >= 0.6 is 0 Å². The van der Waals surface area contributed by atoms with Crippen LogP contribution in [0.4, 0.5) is 0 Å². The summed E-state index contributed by atoms with van der Waals surface area (Å²) in [6.45, 7) is 0. The summed E-state index contributed by atoms with van der Waals surface area (Å²) in [5.41, 5.74) is 0. The molecule has 0 amide bonds. The van der Waals surface area contributed by atoms with Crippen LogP contribution in [0.5, 0.6) is 0 Å². The highest BCUT2D eigenvalue weighted by Crippen LogP contribution is 2.13. The van der Waals surface area contributed by atoms with Gasteiger partial charge in [-0.05, 0) is 0 Å². The average Bonchev–Trinajstić information content (AvgIpc) is 2.04. The van der Waals surface area contributed by atoms with Crippen molar-refractivity contribution < 1.29 is 34.8 Å². The van der Waals surface area contributed by atoms with Gasteiger partial charge in [-0.3, -0.25) is 0 Å². The molecular weight excluding hydrogens is 184 g/mol. The van der Waals surface area contributed by atoms with E-state index in [2.05, 4.69) is 4.74 Å². The summed E-state index contributed by atoms with van der Waals surface area (Å²) in [4.78, 5) is 20.3. The maximum absolute atomic E-state index is 10.2. The fraction of sp³-hybridized carbons (Fsp3) is 0.667. The summed E-state index contributed by atoms with van der Waals surface area (Å²) in [5, 5.41) is 34.9. The Bertz CT molecular complexity index is 195. The van der Waals surface area contributed by atoms with E-state index in [9.17, 15) is 9.59 Å². The van der Waals surface area contributed by atoms with Gasteiger partial charge in [0, 0.05) is 7.11 Å². The van der Waals surface area contributed by atoms with Crippen molar-refractivity contribution in [3.05, 3.63) is 0 Å². The maximum atomic E-state index is 10.2. The second kappa shape index (κ2) is 4.28. The van der Waals surface area contributed by atoms with Crippen LogP contribution in [-0.4, -0.2) is 57.8 Å². The van der Waals surface area contributed by atoms with Gasteiger partial charge in [0.15, 0.2) is 12.4 Å². The number of carbonyl (C=O) groups is 2. The maximum Gasteiger partial charge on any atom is 0.338 e. The molecule has 0 saturated heterocycles. The number of hydrogen-bond donors (Lipinski definition) is 4. The Morgan fingerprint density at radius 3 is 2.23 bits per heavy atom. The van der Waals surface area contributed by atoms with Crippen LogP contribution in [0, 0.1) is 0 Å². The fourth-order valence-electron chi connectivity index (χ4n) is 0.666. The first-order chi connectivity index (χ1) is 5.87. The van der Waals surface area contributed by atoms with Gasteiger partial charge in [0.1, 0.15) is 0 Å². The fourth-order valence-corrected chi connectivity index (χ4v) is 0.666. The predicted molar refractivity (Wildman–Crippen MR) is 37.7 cm³/mol. The van der Waals surface area contributed by atoms with Crippen LogP contribution in [0.15, 0.2) is 0 Å². The molecule has 0 fully saturated rings. The summed E-state index contributed by atoms with van der Waals surface area (Å²) >= 11 is 0. The number of aliphatic hydroxyl groups is 3. The molecule has 0 unspecified atom stereocenters. The van der Waals surface area contributed by atoms with Crippen LogP contribution in [0.1, 0.15) is 0 Å². The third kappa shape index (κ3) is 2.46. The van der Waals surface area contributed by atoms with Crippen molar-refractivity contribution in [3.63, 3.8) is 0 Å². The van der Waals surface area contributed by atoms with Gasteiger partial charge in [0.05, 0.1) is 0 Å². The number of carboxylic acid groups (broad SMARTS) is 1. The normalized spacial score (nSPS) is 16.3. The molecule has 0 heterocycles. The van der Waals surface area contributed by atoms with Crippen LogP contribution < -0.4 is 0 Å². The zero-order valence-corrected chi connectivity index (χ0v) is 6.75. The number of hydrogen-bond acceptors (Lipinski definition) is 6. The molecule has 0 aliphatic heterocycles. The number of ether oxygens (including phenoxy) is 1. The van der Waals surface area contributed by atoms with Crippen LogP contribution in [0.2, 0.25) is 0 Å². The van der Waals surface area contributed by atoms with Crippen LogP contribution in [-0.2, 0) is 14.3 Å². The summed E-state index contributed by atoms with van der Waals surface area (Å²) in [5.74, 6) is -5.00. The smallest absolute Gasteiger partial charge is 0.338 e. The Kier molecular flexibility index (Phi) is 3.95. The zero-order chi connectivity index (χ0) is 10.6. The SMILES string of the molecule is CO[C@@H](C=O)C(O)(O)[C@H](O)C(=O)O. The molecule has 13 heavy (non-hydrogen) atoms. The molecule has 0 rings (SSSR count). The van der Waals surface area contributed by atoms with Gasteiger partial charge in [-0.2, -0.15) is 0 Å². The Morgan fingerprint density at radius 1 is 1.54 bits per heavy atom. The number of rotatable bonds is 5. The highest BCUT2D eigenvalue weighted by Gasteiger charge is 2.46. The molecule has 76 valence electrons. The molecule has 0 aromatic heterocycles. The van der Waals surface area contributed by atoms with E-state index in [0.29, 0.717) is 0 Å². The van der Waals surface area contributed by atoms with Gasteiger partial charge >= 0.3 is 5.97 Å². The molecule has 0 aliphatic carbocycles. The molecule has 0 aromatic carbocycles. The quantitative estimate of drug-likeness (QED) is 0.278. The van der Waals surface area contributed by atoms with E-state index in [1.165, 1.54) is 0 Å². The molecule has 0 bridgehead atoms. The second-order valence-corrected chi connectivity index (χ2v) is 2.32. The van der Waals surface area contributed by atoms with Gasteiger partial charge in [-0.1, -0.05) is 0 Å². The minimum absolute atomic E-state index is 0.0217. The molecule has 0 radical (unpaired) electrons. The summed E-state index contributed by atoms with van der Waals surface area (Å²) < 4.78 is 4.24. The van der Waals surface area contributed by atoms with Crippen molar-refractivity contribution >= 4 is 12.3 Å². The molecule has 4 N–H and O–H groups in total. The van der Waals surface area contributed by atoms with Crippen molar-refractivity contribution in [2.45, 2.75) is 18.0 Å². The number of aliphatic carboxylic acids is 1. The van der Waals surface area contributed by atoms with Crippen molar-refractivity contribution in [2.75, 3.05) is 7.11 Å². The Hall–Kier alpha value is -1.02. The van der Waals surface area contributed by atoms with E-state index in [0.717, 1.165) is 7.11 Å². The Labute approximate surface area is 73.2 Å². The van der Waals surface area contributed by atoms with Crippen molar-refractivity contribution in [3.8, 4) is 0 Å². The Morgan fingerprint density at radius 2 is 2.00 bits per heavy atom. The number of aldehydes is 1. The van der Waals surface area contributed by atoms with Gasteiger partial charge in [0.25, 0.3) is 0 Å². The monoisotopic (exact) mass is 194 g/mol. The topological polar surface area (TPSA) is 124 Å². The van der Waals surface area contributed by atoms with E-state index >= 15 is 0 Å². The number of carbonyl (C=O) groups excluding carboxylic acids is 1. The molecule has 7 nitrogen and oxygen atoms in total. The third-order valence-electron chi connectivity index (χ3n) is 1.43. The number of carboxylic acids is 1. The predicted octanol–water partition coefficient (Wildman–Crippen LogP) is -2.67. The van der Waals surface area contributed by atoms with E-state index in [1.807, 2.05) is 0 Å². The summed E-state index contributed by atoms with van der Waals surface area (Å²) in [6.07, 6.45) is -4.35. The first-order valence-electron chi connectivity index (χ1n) is 3.21. The molecule has 0 spiro atoms. The highest BCUT2D eigenvalue weighted by molar-refractivity contribution is 5.74. The minimum atomic E-state index is -3.14. The first-order valence-corrected chi connectivity index (χ1v) is 3.21. The van der Waals surface area contributed by atoms with Crippen molar-refractivity contribution in [1.29, 1.82) is 0 Å². The average molecular weight is 194 g/mol. The lowest BCUT2D eigenvalue weighted by Crippen LogP contribution is -2.56. The summed E-state index contributed by atoms with van der Waals surface area (Å²) in [7, 11) is 0.967. The Balaban J connectivity index is 4.70.